The van der Waals surface area contributed by atoms with E-state index in [0.717, 1.165) is 6.20 Å². The third-order valence-electron chi connectivity index (χ3n) is 3.07. The maximum Gasteiger partial charge on any atom is 1.00 e. The van der Waals surface area contributed by atoms with Crippen LogP contribution in [-0.2, 0) is 27.6 Å². The molecule has 0 saturated carbocycles. The van der Waals surface area contributed by atoms with E-state index in [-0.39, 0.29) is 71.9 Å². The molecule has 0 bridgehead atoms. The fraction of sp³-hybridized carbons (Fsp3) is 0.500. The van der Waals surface area contributed by atoms with E-state index < -0.39 is 20.5 Å². The predicted molar refractivity (Wildman–Crippen MR) is 71.1 cm³/mol. The van der Waals surface area contributed by atoms with Gasteiger partial charge in [-0.1, -0.05) is 0 Å². The molecule has 13 heteroatoms. The molecule has 1 aliphatic rings. The number of hydrogen-bond acceptors (Lipinski definition) is 10. The van der Waals surface area contributed by atoms with Crippen molar-refractivity contribution in [1.29, 1.82) is 0 Å². The van der Waals surface area contributed by atoms with Gasteiger partial charge >= 0.3 is 59.1 Å². The van der Waals surface area contributed by atoms with Crippen molar-refractivity contribution in [2.45, 2.75) is 23.5 Å². The second-order valence-electron chi connectivity index (χ2n) is 4.34. The van der Waals surface area contributed by atoms with E-state index >= 15 is 0 Å². The summed E-state index contributed by atoms with van der Waals surface area (Å²) in [5, 5.41) is 11.8. The fourth-order valence-electron chi connectivity index (χ4n) is 2.03. The van der Waals surface area contributed by atoms with Crippen LogP contribution < -0.4 is 74.7 Å². The maximum atomic E-state index is 10.9. The zero-order chi connectivity index (χ0) is 15.6. The number of nitrogens with one attached hydrogen (secondary N) is 1. The van der Waals surface area contributed by atoms with Crippen molar-refractivity contribution in [2.75, 3.05) is 18.1 Å². The van der Waals surface area contributed by atoms with Crippen LogP contribution in [0.15, 0.2) is 23.2 Å². The van der Waals surface area contributed by atoms with Gasteiger partial charge in [0.25, 0.3) is 0 Å². The van der Waals surface area contributed by atoms with Crippen LogP contribution in [0, 0.1) is 0 Å². The smallest absolute Gasteiger partial charge is 0.751 e. The Morgan fingerprint density at radius 3 is 2.57 bits per heavy atom. The average molecular weight is 379 g/mol. The van der Waals surface area contributed by atoms with Crippen LogP contribution in [0.1, 0.15) is 6.92 Å². The Bertz CT molecular complexity index is 591. The van der Waals surface area contributed by atoms with E-state index in [9.17, 15) is 18.2 Å². The Kier molecular flexibility index (Phi) is 10.7. The zero-order valence-corrected chi connectivity index (χ0v) is 18.6. The second kappa shape index (κ2) is 10.3. The third kappa shape index (κ3) is 6.06. The molecule has 0 spiro atoms. The minimum Gasteiger partial charge on any atom is -0.751 e. The number of hydrogen-bond donors (Lipinski definition) is 1. The van der Waals surface area contributed by atoms with Gasteiger partial charge in [-0.05, 0) is 24.6 Å². The largest absolute Gasteiger partial charge is 1.00 e. The first-order chi connectivity index (χ1) is 9.84. The van der Waals surface area contributed by atoms with Gasteiger partial charge in [0.2, 0.25) is 0 Å². The second-order valence-corrected chi connectivity index (χ2v) is 6.17. The normalized spacial score (nSPS) is 21.7. The van der Waals surface area contributed by atoms with Crippen molar-refractivity contribution < 1.29 is 82.2 Å². The van der Waals surface area contributed by atoms with Crippen LogP contribution in [0.5, 0.6) is 0 Å². The number of hydrazine groups is 1. The molecule has 0 amide bonds. The van der Waals surface area contributed by atoms with Crippen LogP contribution in [0.25, 0.3) is 0 Å². The summed E-state index contributed by atoms with van der Waals surface area (Å²) < 4.78 is 32.6. The van der Waals surface area contributed by atoms with Crippen molar-refractivity contribution in [3.63, 3.8) is 0 Å². The standard InChI is InChI=1S/C10H16N4O5S2.2Na/c1-7-13(4-5-19-15)12-10(20)14(7)9-3-2-8(6-11-9)21(16,17)18;;/h2-3,6-7,10,12,15,20H,4-5H2,1H3,(H,16,17,18);;/q;2*+1/p-3. The molecule has 118 valence electrons. The molecule has 0 aromatic carbocycles. The SMILES string of the molecule is CC1N(CCO[O-])NC([S-])N1c1ccc(S(=O)(=O)[O-])cn1.[Na+].[Na+]. The Balaban J connectivity index is 0.00000242. The number of aromatic nitrogens is 1. The van der Waals surface area contributed by atoms with Gasteiger partial charge in [0.05, 0.1) is 11.1 Å². The Hall–Kier alpha value is 1.05. The van der Waals surface area contributed by atoms with E-state index in [1.54, 1.807) is 9.91 Å². The van der Waals surface area contributed by atoms with Gasteiger partial charge in [0.15, 0.2) is 0 Å². The average Bonchev–Trinajstić information content (AvgIpc) is 2.70. The summed E-state index contributed by atoms with van der Waals surface area (Å²) in [6.07, 6.45) is 0.778. The predicted octanol–water partition coefficient (Wildman–Crippen LogP) is -7.91. The molecular weight excluding hydrogens is 366 g/mol. The molecule has 2 unspecified atom stereocenters. The summed E-state index contributed by atoms with van der Waals surface area (Å²) in [5.74, 6) is 0.424. The Labute approximate surface area is 184 Å². The van der Waals surface area contributed by atoms with Crippen molar-refractivity contribution in [3.8, 4) is 0 Å². The monoisotopic (exact) mass is 379 g/mol. The van der Waals surface area contributed by atoms with Gasteiger partial charge in [0.1, 0.15) is 15.9 Å². The zero-order valence-electron chi connectivity index (χ0n) is 13.0. The summed E-state index contributed by atoms with van der Waals surface area (Å²) in [6, 6.07) is 2.60. The molecule has 0 radical (unpaired) electrons. The summed E-state index contributed by atoms with van der Waals surface area (Å²) in [4.78, 5) is 9.05. The quantitative estimate of drug-likeness (QED) is 0.174. The number of nitrogens with zero attached hydrogens (tertiary/aromatic N) is 3. The van der Waals surface area contributed by atoms with E-state index in [4.69, 9.17) is 12.6 Å². The van der Waals surface area contributed by atoms with Gasteiger partial charge in [-0.3, -0.25) is 5.43 Å². The molecule has 1 saturated heterocycles. The van der Waals surface area contributed by atoms with Crippen LogP contribution in [0.4, 0.5) is 5.82 Å². The molecule has 1 aromatic rings. The Morgan fingerprint density at radius 2 is 2.09 bits per heavy atom. The molecule has 1 aromatic heterocycles. The summed E-state index contributed by atoms with van der Waals surface area (Å²) in [7, 11) is -4.53. The van der Waals surface area contributed by atoms with Gasteiger partial charge < -0.3 is 32.2 Å². The van der Waals surface area contributed by atoms with Crippen LogP contribution in [-0.4, -0.2) is 47.8 Å². The molecule has 2 rings (SSSR count). The molecule has 23 heavy (non-hydrogen) atoms. The van der Waals surface area contributed by atoms with Crippen LogP contribution in [0.3, 0.4) is 0 Å². The first-order valence-corrected chi connectivity index (χ1v) is 7.86. The minimum atomic E-state index is -4.53. The molecule has 2 atom stereocenters. The van der Waals surface area contributed by atoms with Gasteiger partial charge in [-0.15, -0.1) is 0 Å². The maximum absolute atomic E-state index is 10.9. The van der Waals surface area contributed by atoms with Crippen molar-refractivity contribution >= 4 is 28.6 Å². The summed E-state index contributed by atoms with van der Waals surface area (Å²) in [6.45, 7) is 2.17. The van der Waals surface area contributed by atoms with Gasteiger partial charge in [0, 0.05) is 19.3 Å². The minimum absolute atomic E-state index is 0. The van der Waals surface area contributed by atoms with E-state index in [0.29, 0.717) is 12.4 Å². The molecular formula is C10H13N4Na2O5S2-. The van der Waals surface area contributed by atoms with E-state index in [1.807, 2.05) is 6.92 Å². The third-order valence-corrected chi connectivity index (χ3v) is 4.22. The first-order valence-electron chi connectivity index (χ1n) is 5.98. The number of rotatable bonds is 5. The van der Waals surface area contributed by atoms with Gasteiger partial charge in [-0.25, -0.2) is 18.4 Å². The van der Waals surface area contributed by atoms with Crippen molar-refractivity contribution in [3.05, 3.63) is 18.3 Å². The molecule has 9 nitrogen and oxygen atoms in total. The molecule has 1 fully saturated rings. The Morgan fingerprint density at radius 1 is 1.43 bits per heavy atom. The van der Waals surface area contributed by atoms with E-state index in [2.05, 4.69) is 15.3 Å². The topological polar surface area (TPSA) is 121 Å². The molecule has 0 aliphatic carbocycles. The molecule has 2 heterocycles. The fourth-order valence-corrected chi connectivity index (χ4v) is 2.87. The van der Waals surface area contributed by atoms with Crippen molar-refractivity contribution in [1.82, 2.24) is 15.4 Å². The summed E-state index contributed by atoms with van der Waals surface area (Å²) in [5.41, 5.74) is 2.45. The number of anilines is 1. The van der Waals surface area contributed by atoms with Crippen LogP contribution in [0.2, 0.25) is 0 Å². The molecule has 1 N–H and O–H groups in total. The van der Waals surface area contributed by atoms with E-state index in [1.165, 1.54) is 12.1 Å². The van der Waals surface area contributed by atoms with Gasteiger partial charge in [-0.2, -0.15) is 0 Å². The molecule has 1 aliphatic heterocycles. The first kappa shape index (κ1) is 24.1. The van der Waals surface area contributed by atoms with Crippen molar-refractivity contribution in [2.24, 2.45) is 0 Å². The summed E-state index contributed by atoms with van der Waals surface area (Å²) >= 11 is 5.25. The number of pyridine rings is 1. The van der Waals surface area contributed by atoms with Crippen LogP contribution >= 0.6 is 0 Å².